The average Bonchev–Trinajstić information content (AvgIpc) is 3.44. The monoisotopic (exact) mass is 423 g/mol. The number of anilines is 1. The van der Waals surface area contributed by atoms with Crippen molar-refractivity contribution in [2.75, 3.05) is 25.0 Å². The maximum Gasteiger partial charge on any atom is 0.191 e. The van der Waals surface area contributed by atoms with Gasteiger partial charge in [0, 0.05) is 51.3 Å². The van der Waals surface area contributed by atoms with Crippen molar-refractivity contribution in [3.8, 4) is 0 Å². The normalized spacial score (nSPS) is 16.7. The van der Waals surface area contributed by atoms with Gasteiger partial charge in [-0.2, -0.15) is 5.10 Å². The van der Waals surface area contributed by atoms with E-state index in [1.165, 1.54) is 11.1 Å². The first kappa shape index (κ1) is 20.2. The summed E-state index contributed by atoms with van der Waals surface area (Å²) in [5, 5.41) is 12.0. The largest absolute Gasteiger partial charge is 0.353 e. The lowest BCUT2D eigenvalue weighted by molar-refractivity contribution is 0.645. The number of halogens is 1. The summed E-state index contributed by atoms with van der Waals surface area (Å²) < 4.78 is 1.93. The fourth-order valence-electron chi connectivity index (χ4n) is 3.70. The van der Waals surface area contributed by atoms with Crippen molar-refractivity contribution >= 4 is 23.4 Å². The van der Waals surface area contributed by atoms with Crippen LogP contribution in [0.3, 0.4) is 0 Å². The van der Waals surface area contributed by atoms with Crippen LogP contribution >= 0.6 is 11.6 Å². The lowest BCUT2D eigenvalue weighted by Crippen LogP contribution is -2.44. The molecular formula is C22H26ClN7. The highest BCUT2D eigenvalue weighted by atomic mass is 35.5. The van der Waals surface area contributed by atoms with Gasteiger partial charge in [-0.05, 0) is 35.7 Å². The van der Waals surface area contributed by atoms with Crippen molar-refractivity contribution in [3.05, 3.63) is 77.2 Å². The first-order valence-electron chi connectivity index (χ1n) is 10.1. The van der Waals surface area contributed by atoms with E-state index in [4.69, 9.17) is 11.6 Å². The second kappa shape index (κ2) is 9.63. The van der Waals surface area contributed by atoms with Crippen LogP contribution in [-0.2, 0) is 13.1 Å². The molecule has 0 amide bonds. The molecule has 8 heteroatoms. The molecular weight excluding hydrogens is 398 g/mol. The Labute approximate surface area is 181 Å². The number of hydrogen-bond acceptors (Lipinski definition) is 4. The Morgan fingerprint density at radius 2 is 2.03 bits per heavy atom. The summed E-state index contributed by atoms with van der Waals surface area (Å²) in [5.41, 5.74) is 2.46. The average molecular weight is 424 g/mol. The zero-order valence-electron chi connectivity index (χ0n) is 17.0. The van der Waals surface area contributed by atoms with Gasteiger partial charge in [0.1, 0.15) is 5.82 Å². The van der Waals surface area contributed by atoms with Crippen LogP contribution < -0.4 is 15.5 Å². The number of aromatic nitrogens is 3. The molecule has 3 heterocycles. The van der Waals surface area contributed by atoms with Crippen molar-refractivity contribution in [1.29, 1.82) is 0 Å². The Kier molecular flexibility index (Phi) is 6.49. The number of guanidine groups is 1. The molecule has 30 heavy (non-hydrogen) atoms. The molecule has 1 aromatic carbocycles. The Morgan fingerprint density at radius 1 is 1.17 bits per heavy atom. The van der Waals surface area contributed by atoms with Gasteiger partial charge < -0.3 is 15.5 Å². The molecule has 156 valence electrons. The molecule has 2 N–H and O–H groups in total. The summed E-state index contributed by atoms with van der Waals surface area (Å²) in [5.74, 6) is 1.64. The predicted octanol–water partition coefficient (Wildman–Crippen LogP) is 2.92. The number of pyridine rings is 1. The van der Waals surface area contributed by atoms with Gasteiger partial charge in [0.2, 0.25) is 0 Å². The lowest BCUT2D eigenvalue weighted by atomic mass is 10.1. The van der Waals surface area contributed by atoms with Gasteiger partial charge >= 0.3 is 0 Å². The molecule has 2 aromatic heterocycles. The first-order valence-corrected chi connectivity index (χ1v) is 10.5. The molecule has 0 saturated carbocycles. The summed E-state index contributed by atoms with van der Waals surface area (Å²) >= 11 is 6.30. The van der Waals surface area contributed by atoms with Gasteiger partial charge in [0.05, 0.1) is 11.6 Å². The quantitative estimate of drug-likeness (QED) is 0.471. The third-order valence-corrected chi connectivity index (χ3v) is 5.54. The van der Waals surface area contributed by atoms with E-state index in [1.54, 1.807) is 19.4 Å². The van der Waals surface area contributed by atoms with E-state index < -0.39 is 0 Å². The molecule has 4 rings (SSSR count). The van der Waals surface area contributed by atoms with Gasteiger partial charge in [-0.25, -0.2) is 4.98 Å². The summed E-state index contributed by atoms with van der Waals surface area (Å²) in [6, 6.07) is 14.4. The zero-order valence-corrected chi connectivity index (χ0v) is 17.8. The summed E-state index contributed by atoms with van der Waals surface area (Å²) in [7, 11) is 1.80. The van der Waals surface area contributed by atoms with Crippen molar-refractivity contribution < 1.29 is 0 Å². The van der Waals surface area contributed by atoms with E-state index in [1.807, 2.05) is 29.1 Å². The van der Waals surface area contributed by atoms with Crippen LogP contribution in [0.15, 0.2) is 66.0 Å². The van der Waals surface area contributed by atoms with E-state index in [-0.39, 0.29) is 6.04 Å². The minimum atomic E-state index is 0.286. The molecule has 7 nitrogen and oxygen atoms in total. The van der Waals surface area contributed by atoms with Crippen molar-refractivity contribution in [3.63, 3.8) is 0 Å². The van der Waals surface area contributed by atoms with E-state index in [0.717, 1.165) is 37.8 Å². The molecule has 0 aliphatic carbocycles. The van der Waals surface area contributed by atoms with Crippen LogP contribution in [0, 0.1) is 0 Å². The highest BCUT2D eigenvalue weighted by molar-refractivity contribution is 6.32. The molecule has 0 radical (unpaired) electrons. The fourth-order valence-corrected chi connectivity index (χ4v) is 3.94. The Morgan fingerprint density at radius 3 is 2.80 bits per heavy atom. The maximum atomic E-state index is 6.30. The number of rotatable bonds is 6. The van der Waals surface area contributed by atoms with Crippen LogP contribution in [-0.4, -0.2) is 46.9 Å². The minimum Gasteiger partial charge on any atom is -0.353 e. The fraction of sp³-hybridized carbons (Fsp3) is 0.318. The molecule has 1 atom stereocenters. The van der Waals surface area contributed by atoms with Crippen LogP contribution in [0.2, 0.25) is 5.02 Å². The number of nitrogens with one attached hydrogen (secondary N) is 2. The molecule has 1 unspecified atom stereocenters. The summed E-state index contributed by atoms with van der Waals surface area (Å²) in [4.78, 5) is 11.0. The number of hydrogen-bond donors (Lipinski definition) is 2. The van der Waals surface area contributed by atoms with Gasteiger partial charge in [-0.15, -0.1) is 0 Å². The smallest absolute Gasteiger partial charge is 0.191 e. The molecule has 3 aromatic rings. The molecule has 1 aliphatic rings. The van der Waals surface area contributed by atoms with Crippen LogP contribution in [0.1, 0.15) is 17.5 Å². The second-order valence-corrected chi connectivity index (χ2v) is 7.69. The third kappa shape index (κ3) is 4.91. The van der Waals surface area contributed by atoms with Gasteiger partial charge in [0.25, 0.3) is 0 Å². The van der Waals surface area contributed by atoms with Crippen molar-refractivity contribution in [1.82, 2.24) is 25.4 Å². The van der Waals surface area contributed by atoms with Gasteiger partial charge in [0.15, 0.2) is 5.96 Å². The second-order valence-electron chi connectivity index (χ2n) is 7.28. The van der Waals surface area contributed by atoms with Crippen molar-refractivity contribution in [2.24, 2.45) is 4.99 Å². The topological polar surface area (TPSA) is 70.4 Å². The van der Waals surface area contributed by atoms with E-state index in [2.05, 4.69) is 54.9 Å². The Hall–Kier alpha value is -3.06. The summed E-state index contributed by atoms with van der Waals surface area (Å²) in [6.45, 7) is 3.20. The van der Waals surface area contributed by atoms with E-state index in [0.29, 0.717) is 11.6 Å². The van der Waals surface area contributed by atoms with Crippen molar-refractivity contribution in [2.45, 2.75) is 25.6 Å². The third-order valence-electron chi connectivity index (χ3n) is 5.25. The van der Waals surface area contributed by atoms with Gasteiger partial charge in [-0.1, -0.05) is 35.9 Å². The SMILES string of the molecule is CN=C(NCc1ccccc1Cn1cccn1)NC1CCN(c2ncccc2Cl)C1. The molecule has 0 spiro atoms. The van der Waals surface area contributed by atoms with E-state index >= 15 is 0 Å². The number of benzene rings is 1. The molecule has 1 aliphatic heterocycles. The first-order chi connectivity index (χ1) is 14.7. The summed E-state index contributed by atoms with van der Waals surface area (Å²) in [6.07, 6.45) is 6.56. The van der Waals surface area contributed by atoms with Crippen LogP contribution in [0.4, 0.5) is 5.82 Å². The van der Waals surface area contributed by atoms with Crippen LogP contribution in [0.5, 0.6) is 0 Å². The van der Waals surface area contributed by atoms with E-state index in [9.17, 15) is 0 Å². The van der Waals surface area contributed by atoms with Crippen LogP contribution in [0.25, 0.3) is 0 Å². The maximum absolute atomic E-state index is 6.30. The Balaban J connectivity index is 1.34. The highest BCUT2D eigenvalue weighted by Crippen LogP contribution is 2.25. The van der Waals surface area contributed by atoms with Gasteiger partial charge in [-0.3, -0.25) is 9.67 Å². The molecule has 1 saturated heterocycles. The minimum absolute atomic E-state index is 0.286. The zero-order chi connectivity index (χ0) is 20.8. The predicted molar refractivity (Wildman–Crippen MR) is 121 cm³/mol. The molecule has 0 bridgehead atoms. The Bertz CT molecular complexity index is 987. The standard InChI is InChI=1S/C22H26ClN7/c1-24-22(28-19-9-13-29(16-19)21-20(23)8-4-10-25-21)26-14-17-6-2-3-7-18(17)15-30-12-5-11-27-30/h2-8,10-12,19H,9,13-16H2,1H3,(H2,24,26,28). The lowest BCUT2D eigenvalue weighted by Gasteiger charge is -2.20. The number of aliphatic imine (C=N–C) groups is 1. The number of nitrogens with zero attached hydrogens (tertiary/aromatic N) is 5. The highest BCUT2D eigenvalue weighted by Gasteiger charge is 2.25. The molecule has 1 fully saturated rings.